The number of aldehydes is 1. The number of hydrogen-bond acceptors (Lipinski definition) is 3. The number of unbranched alkanes of at least 4 members (excludes halogenated alkanes) is 2. The van der Waals surface area contributed by atoms with Crippen molar-refractivity contribution in [3.8, 4) is 11.5 Å². The van der Waals surface area contributed by atoms with Crippen LogP contribution in [0.5, 0.6) is 11.5 Å². The van der Waals surface area contributed by atoms with Crippen LogP contribution in [0.25, 0.3) is 6.08 Å². The summed E-state index contributed by atoms with van der Waals surface area (Å²) in [5.74, 6) is 1.54. The van der Waals surface area contributed by atoms with Gasteiger partial charge in [-0.25, -0.2) is 0 Å². The monoisotopic (exact) mass is 260 g/mol. The zero-order valence-corrected chi connectivity index (χ0v) is 11.5. The number of carbonyl (C=O) groups is 1. The lowest BCUT2D eigenvalue weighted by molar-refractivity contribution is -0.107. The molecule has 0 fully saturated rings. The molecule has 1 rings (SSSR count). The molecule has 0 N–H and O–H groups in total. The predicted octanol–water partition coefficient (Wildman–Crippen LogP) is 3.64. The molecule has 1 aromatic rings. The minimum absolute atomic E-state index is 0.626. The van der Waals surface area contributed by atoms with Crippen LogP contribution in [0.2, 0.25) is 0 Å². The lowest BCUT2D eigenvalue weighted by Crippen LogP contribution is -1.87. The van der Waals surface area contributed by atoms with Crippen molar-refractivity contribution in [2.24, 2.45) is 0 Å². The van der Waals surface area contributed by atoms with E-state index in [1.165, 1.54) is 0 Å². The van der Waals surface area contributed by atoms with Crippen molar-refractivity contribution in [2.75, 3.05) is 14.2 Å². The molecule has 0 aliphatic carbocycles. The fourth-order valence-electron chi connectivity index (χ4n) is 1.59. The van der Waals surface area contributed by atoms with Crippen molar-refractivity contribution < 1.29 is 14.3 Å². The van der Waals surface area contributed by atoms with E-state index in [0.29, 0.717) is 6.42 Å². The number of ether oxygens (including phenoxy) is 2. The number of rotatable bonds is 8. The summed E-state index contributed by atoms with van der Waals surface area (Å²) in [6.07, 6.45) is 11.4. The molecule has 0 saturated heterocycles. The zero-order valence-electron chi connectivity index (χ0n) is 11.5. The van der Waals surface area contributed by atoms with Gasteiger partial charge in [0.05, 0.1) is 14.2 Å². The molecule has 0 radical (unpaired) electrons. The highest BCUT2D eigenvalue weighted by Gasteiger charge is 1.98. The van der Waals surface area contributed by atoms with E-state index < -0.39 is 0 Å². The van der Waals surface area contributed by atoms with Gasteiger partial charge in [-0.15, -0.1) is 0 Å². The summed E-state index contributed by atoms with van der Waals surface area (Å²) in [4.78, 5) is 10.1. The first kappa shape index (κ1) is 15.0. The molecule has 102 valence electrons. The Kier molecular flexibility index (Phi) is 7.10. The third-order valence-electron chi connectivity index (χ3n) is 2.60. The lowest BCUT2D eigenvalue weighted by atomic mass is 10.1. The van der Waals surface area contributed by atoms with E-state index in [1.54, 1.807) is 14.2 Å². The molecular formula is C16H20O3. The molecule has 0 bridgehead atoms. The van der Waals surface area contributed by atoms with Crippen molar-refractivity contribution in [2.45, 2.75) is 19.3 Å². The van der Waals surface area contributed by atoms with Crippen LogP contribution in [0.4, 0.5) is 0 Å². The predicted molar refractivity (Wildman–Crippen MR) is 77.6 cm³/mol. The summed E-state index contributed by atoms with van der Waals surface area (Å²) in [5, 5.41) is 0. The summed E-state index contributed by atoms with van der Waals surface area (Å²) < 4.78 is 10.4. The van der Waals surface area contributed by atoms with Gasteiger partial charge >= 0.3 is 0 Å². The van der Waals surface area contributed by atoms with Gasteiger partial charge in [-0.2, -0.15) is 0 Å². The van der Waals surface area contributed by atoms with Crippen LogP contribution < -0.4 is 9.47 Å². The Balaban J connectivity index is 2.57. The smallest absolute Gasteiger partial charge is 0.123 e. The molecule has 0 unspecified atom stereocenters. The SMILES string of the molecule is COc1cc(/C=C/C=C/CCCC=O)cc(OC)c1. The largest absolute Gasteiger partial charge is 0.497 e. The molecule has 19 heavy (non-hydrogen) atoms. The maximum Gasteiger partial charge on any atom is 0.123 e. The normalized spacial score (nSPS) is 11.1. The third kappa shape index (κ3) is 5.91. The van der Waals surface area contributed by atoms with Crippen molar-refractivity contribution in [1.29, 1.82) is 0 Å². The van der Waals surface area contributed by atoms with E-state index in [2.05, 4.69) is 6.08 Å². The Morgan fingerprint density at radius 3 is 2.26 bits per heavy atom. The van der Waals surface area contributed by atoms with Crippen LogP contribution in [0.15, 0.2) is 36.4 Å². The number of benzene rings is 1. The molecule has 0 atom stereocenters. The molecule has 3 nitrogen and oxygen atoms in total. The molecule has 0 aliphatic heterocycles. The van der Waals surface area contributed by atoms with Crippen LogP contribution in [0.3, 0.4) is 0 Å². The highest BCUT2D eigenvalue weighted by atomic mass is 16.5. The summed E-state index contributed by atoms with van der Waals surface area (Å²) in [6, 6.07) is 5.73. The summed E-state index contributed by atoms with van der Waals surface area (Å²) in [7, 11) is 3.27. The van der Waals surface area contributed by atoms with Gasteiger partial charge in [-0.05, 0) is 30.5 Å². The van der Waals surface area contributed by atoms with E-state index in [-0.39, 0.29) is 0 Å². The van der Waals surface area contributed by atoms with Gasteiger partial charge < -0.3 is 14.3 Å². The first-order valence-corrected chi connectivity index (χ1v) is 6.30. The van der Waals surface area contributed by atoms with Crippen LogP contribution in [-0.4, -0.2) is 20.5 Å². The minimum atomic E-state index is 0.626. The minimum Gasteiger partial charge on any atom is -0.497 e. The summed E-state index contributed by atoms with van der Waals surface area (Å²) >= 11 is 0. The highest BCUT2D eigenvalue weighted by Crippen LogP contribution is 2.23. The van der Waals surface area contributed by atoms with Crippen molar-refractivity contribution in [1.82, 2.24) is 0 Å². The van der Waals surface area contributed by atoms with Gasteiger partial charge in [0, 0.05) is 12.5 Å². The van der Waals surface area contributed by atoms with Gasteiger partial charge in [0.1, 0.15) is 17.8 Å². The first-order chi connectivity index (χ1) is 9.30. The molecule has 0 spiro atoms. The van der Waals surface area contributed by atoms with E-state index in [9.17, 15) is 4.79 Å². The maximum absolute atomic E-state index is 10.1. The topological polar surface area (TPSA) is 35.5 Å². The third-order valence-corrected chi connectivity index (χ3v) is 2.60. The highest BCUT2D eigenvalue weighted by molar-refractivity contribution is 5.56. The second-order valence-electron chi connectivity index (χ2n) is 4.03. The van der Waals surface area contributed by atoms with Gasteiger partial charge in [0.2, 0.25) is 0 Å². The number of carbonyl (C=O) groups excluding carboxylic acids is 1. The van der Waals surface area contributed by atoms with Gasteiger partial charge in [0.25, 0.3) is 0 Å². The van der Waals surface area contributed by atoms with Gasteiger partial charge in [-0.3, -0.25) is 0 Å². The quantitative estimate of drug-likeness (QED) is 0.406. The van der Waals surface area contributed by atoms with Crippen molar-refractivity contribution in [3.63, 3.8) is 0 Å². The second kappa shape index (κ2) is 8.97. The van der Waals surface area contributed by atoms with E-state index in [0.717, 1.165) is 36.2 Å². The van der Waals surface area contributed by atoms with Crippen LogP contribution in [0, 0.1) is 0 Å². The number of allylic oxidation sites excluding steroid dienone is 3. The lowest BCUT2D eigenvalue weighted by Gasteiger charge is -2.05. The average Bonchev–Trinajstić information content (AvgIpc) is 2.45. The van der Waals surface area contributed by atoms with E-state index in [4.69, 9.17) is 9.47 Å². The van der Waals surface area contributed by atoms with Crippen LogP contribution in [-0.2, 0) is 4.79 Å². The molecule has 0 saturated carbocycles. The first-order valence-electron chi connectivity index (χ1n) is 6.30. The van der Waals surface area contributed by atoms with E-state index >= 15 is 0 Å². The Hall–Kier alpha value is -2.03. The second-order valence-corrected chi connectivity index (χ2v) is 4.03. The molecule has 3 heteroatoms. The van der Waals surface area contributed by atoms with Gasteiger partial charge in [-0.1, -0.05) is 24.3 Å². The fraction of sp³-hybridized carbons (Fsp3) is 0.312. The zero-order chi connectivity index (χ0) is 13.9. The summed E-state index contributed by atoms with van der Waals surface area (Å²) in [6.45, 7) is 0. The summed E-state index contributed by atoms with van der Waals surface area (Å²) in [5.41, 5.74) is 1.02. The standard InChI is InChI=1S/C16H20O3/c1-18-15-11-14(12-16(13-15)19-2)9-7-5-3-4-6-8-10-17/h3,5,7,9-13H,4,6,8H2,1-2H3/b5-3+,9-7+. The van der Waals surface area contributed by atoms with Crippen molar-refractivity contribution in [3.05, 3.63) is 42.0 Å². The van der Waals surface area contributed by atoms with E-state index in [1.807, 2.05) is 36.4 Å². The molecular weight excluding hydrogens is 240 g/mol. The Morgan fingerprint density at radius 1 is 1.00 bits per heavy atom. The number of hydrogen-bond donors (Lipinski definition) is 0. The molecule has 0 aromatic heterocycles. The van der Waals surface area contributed by atoms with Crippen LogP contribution >= 0.6 is 0 Å². The average molecular weight is 260 g/mol. The number of methoxy groups -OCH3 is 2. The van der Waals surface area contributed by atoms with Crippen molar-refractivity contribution >= 4 is 12.4 Å². The molecule has 0 amide bonds. The maximum atomic E-state index is 10.1. The van der Waals surface area contributed by atoms with Gasteiger partial charge in [0.15, 0.2) is 0 Å². The molecule has 1 aromatic carbocycles. The fourth-order valence-corrected chi connectivity index (χ4v) is 1.59. The Morgan fingerprint density at radius 2 is 1.68 bits per heavy atom. The molecule has 0 heterocycles. The molecule has 0 aliphatic rings. The Bertz CT molecular complexity index is 425. The Labute approximate surface area is 114 Å². The van der Waals surface area contributed by atoms with Crippen LogP contribution in [0.1, 0.15) is 24.8 Å².